The maximum absolute atomic E-state index is 12.7. The summed E-state index contributed by atoms with van der Waals surface area (Å²) >= 11 is 0. The number of aliphatic hydroxyl groups is 2. The van der Waals surface area contributed by atoms with Crippen molar-refractivity contribution in [3.63, 3.8) is 0 Å². The zero-order valence-corrected chi connectivity index (χ0v) is 23.6. The first kappa shape index (κ1) is 29.0. The van der Waals surface area contributed by atoms with Crippen molar-refractivity contribution >= 4 is 0 Å². The van der Waals surface area contributed by atoms with Gasteiger partial charge in [-0.05, 0) is 70.8 Å². The van der Waals surface area contributed by atoms with Gasteiger partial charge >= 0.3 is 0 Å². The van der Waals surface area contributed by atoms with Crippen LogP contribution < -0.4 is 18.9 Å². The minimum Gasteiger partial charge on any atom is -0.497 e. The lowest BCUT2D eigenvalue weighted by Gasteiger charge is -2.45. The second-order valence-electron chi connectivity index (χ2n) is 10.2. The third-order valence-electron chi connectivity index (χ3n) is 7.49. The number of methoxy groups -OCH3 is 4. The Kier molecular flexibility index (Phi) is 9.35. The lowest BCUT2D eigenvalue weighted by molar-refractivity contribution is -0.151. The molecule has 0 atom stereocenters. The fraction of sp³-hybridized carbons (Fsp3) is 0.294. The van der Waals surface area contributed by atoms with E-state index in [9.17, 15) is 10.2 Å². The zero-order valence-electron chi connectivity index (χ0n) is 23.6. The molecule has 0 heterocycles. The average Bonchev–Trinajstić information content (AvgIpc) is 2.98. The van der Waals surface area contributed by atoms with Gasteiger partial charge in [-0.1, -0.05) is 48.5 Å². The Balaban J connectivity index is 1.79. The fourth-order valence-corrected chi connectivity index (χ4v) is 5.11. The molecule has 6 nitrogen and oxygen atoms in total. The van der Waals surface area contributed by atoms with Crippen LogP contribution in [0, 0.1) is 0 Å². The van der Waals surface area contributed by atoms with Crippen LogP contribution in [0.5, 0.6) is 23.0 Å². The molecule has 4 rings (SSSR count). The normalized spacial score (nSPS) is 11.7. The van der Waals surface area contributed by atoms with E-state index in [-0.39, 0.29) is 25.7 Å². The standard InChI is InChI=1S/C34H38O6/c1-37-29-13-5-25(6-14-29)21-33(35,22-26-7-15-30(38-2)16-8-26)34(36,23-27-9-17-31(39-3)18-10-27)24-28-11-19-32(40-4)20-12-28/h5-20,35-36H,21-24H2,1-4H3. The molecule has 0 fully saturated rings. The highest BCUT2D eigenvalue weighted by atomic mass is 16.5. The van der Waals surface area contributed by atoms with Gasteiger partial charge in [0.2, 0.25) is 0 Å². The van der Waals surface area contributed by atoms with Crippen molar-refractivity contribution in [2.45, 2.75) is 36.9 Å². The Labute approximate surface area is 236 Å². The van der Waals surface area contributed by atoms with E-state index >= 15 is 0 Å². The SMILES string of the molecule is COc1ccc(CC(O)(Cc2ccc(OC)cc2)C(O)(Cc2ccc(OC)cc2)Cc2ccc(OC)cc2)cc1. The van der Waals surface area contributed by atoms with Crippen molar-refractivity contribution in [1.29, 1.82) is 0 Å². The van der Waals surface area contributed by atoms with Crippen LogP contribution in [0.3, 0.4) is 0 Å². The van der Waals surface area contributed by atoms with Crippen LogP contribution in [0.1, 0.15) is 22.3 Å². The number of benzene rings is 4. The molecule has 0 unspecified atom stereocenters. The highest BCUT2D eigenvalue weighted by molar-refractivity contribution is 5.36. The molecule has 0 saturated carbocycles. The van der Waals surface area contributed by atoms with E-state index in [0.717, 1.165) is 45.3 Å². The van der Waals surface area contributed by atoms with E-state index in [4.69, 9.17) is 18.9 Å². The van der Waals surface area contributed by atoms with Crippen LogP contribution in [0.4, 0.5) is 0 Å². The number of hydrogen-bond donors (Lipinski definition) is 2. The van der Waals surface area contributed by atoms with Gasteiger partial charge in [-0.2, -0.15) is 0 Å². The van der Waals surface area contributed by atoms with Crippen LogP contribution in [-0.4, -0.2) is 49.9 Å². The highest BCUT2D eigenvalue weighted by Gasteiger charge is 2.49. The topological polar surface area (TPSA) is 77.4 Å². The molecule has 0 aliphatic rings. The lowest BCUT2D eigenvalue weighted by Crippen LogP contribution is -2.59. The molecule has 2 N–H and O–H groups in total. The van der Waals surface area contributed by atoms with Gasteiger partial charge in [0.25, 0.3) is 0 Å². The summed E-state index contributed by atoms with van der Waals surface area (Å²) in [7, 11) is 6.49. The van der Waals surface area contributed by atoms with E-state index in [1.165, 1.54) is 0 Å². The molecule has 0 aliphatic heterocycles. The summed E-state index contributed by atoms with van der Waals surface area (Å²) in [5, 5.41) is 25.3. The number of ether oxygens (including phenoxy) is 4. The van der Waals surface area contributed by atoms with Gasteiger partial charge < -0.3 is 29.2 Å². The van der Waals surface area contributed by atoms with E-state index in [0.29, 0.717) is 0 Å². The zero-order chi connectivity index (χ0) is 28.6. The molecule has 0 aromatic heterocycles. The summed E-state index contributed by atoms with van der Waals surface area (Å²) in [5.41, 5.74) is 0.463. The summed E-state index contributed by atoms with van der Waals surface area (Å²) in [6.45, 7) is 0. The van der Waals surface area contributed by atoms with E-state index in [2.05, 4.69) is 0 Å². The first-order valence-electron chi connectivity index (χ1n) is 13.3. The van der Waals surface area contributed by atoms with E-state index in [1.54, 1.807) is 28.4 Å². The van der Waals surface area contributed by atoms with Crippen LogP contribution in [-0.2, 0) is 25.7 Å². The van der Waals surface area contributed by atoms with Gasteiger partial charge in [-0.15, -0.1) is 0 Å². The van der Waals surface area contributed by atoms with Gasteiger partial charge in [0.1, 0.15) is 34.2 Å². The largest absolute Gasteiger partial charge is 0.497 e. The molecular formula is C34H38O6. The Morgan fingerprint density at radius 2 is 0.550 bits per heavy atom. The van der Waals surface area contributed by atoms with Crippen molar-refractivity contribution in [1.82, 2.24) is 0 Å². The fourth-order valence-electron chi connectivity index (χ4n) is 5.11. The third kappa shape index (κ3) is 6.95. The average molecular weight is 543 g/mol. The Morgan fingerprint density at radius 3 is 0.700 bits per heavy atom. The van der Waals surface area contributed by atoms with Crippen LogP contribution in [0.15, 0.2) is 97.1 Å². The maximum Gasteiger partial charge on any atom is 0.118 e. The molecule has 0 bridgehead atoms. The van der Waals surface area contributed by atoms with Gasteiger partial charge in [0, 0.05) is 25.7 Å². The maximum atomic E-state index is 12.7. The second kappa shape index (κ2) is 12.9. The smallest absolute Gasteiger partial charge is 0.118 e. The number of hydrogen-bond acceptors (Lipinski definition) is 6. The monoisotopic (exact) mass is 542 g/mol. The van der Waals surface area contributed by atoms with Gasteiger partial charge in [-0.25, -0.2) is 0 Å². The predicted molar refractivity (Wildman–Crippen MR) is 157 cm³/mol. The molecular weight excluding hydrogens is 504 g/mol. The van der Waals surface area contributed by atoms with E-state index < -0.39 is 11.2 Å². The van der Waals surface area contributed by atoms with Crippen molar-refractivity contribution in [3.8, 4) is 23.0 Å². The summed E-state index contributed by atoms with van der Waals surface area (Å²) < 4.78 is 21.3. The van der Waals surface area contributed by atoms with Crippen molar-refractivity contribution in [2.24, 2.45) is 0 Å². The first-order valence-corrected chi connectivity index (χ1v) is 13.3. The molecule has 0 saturated heterocycles. The Hall–Kier alpha value is -4.00. The van der Waals surface area contributed by atoms with Crippen molar-refractivity contribution in [3.05, 3.63) is 119 Å². The molecule has 0 aliphatic carbocycles. The molecule has 4 aromatic carbocycles. The van der Waals surface area contributed by atoms with Gasteiger partial charge in [0.15, 0.2) is 0 Å². The molecule has 0 spiro atoms. The van der Waals surface area contributed by atoms with Gasteiger partial charge in [0.05, 0.1) is 28.4 Å². The highest BCUT2D eigenvalue weighted by Crippen LogP contribution is 2.37. The Bertz CT molecular complexity index is 1120. The third-order valence-corrected chi connectivity index (χ3v) is 7.49. The Morgan fingerprint density at radius 1 is 0.375 bits per heavy atom. The van der Waals surface area contributed by atoms with Crippen LogP contribution in [0.2, 0.25) is 0 Å². The lowest BCUT2D eigenvalue weighted by atomic mass is 9.69. The molecule has 0 amide bonds. The van der Waals surface area contributed by atoms with Crippen molar-refractivity contribution < 1.29 is 29.2 Å². The van der Waals surface area contributed by atoms with Crippen LogP contribution >= 0.6 is 0 Å². The quantitative estimate of drug-likeness (QED) is 0.234. The summed E-state index contributed by atoms with van der Waals surface area (Å²) in [6, 6.07) is 30.4. The molecule has 40 heavy (non-hydrogen) atoms. The van der Waals surface area contributed by atoms with E-state index in [1.807, 2.05) is 97.1 Å². The molecule has 0 radical (unpaired) electrons. The summed E-state index contributed by atoms with van der Waals surface area (Å²) in [5.74, 6) is 2.92. The molecule has 6 heteroatoms. The summed E-state index contributed by atoms with van der Waals surface area (Å²) in [4.78, 5) is 0. The first-order chi connectivity index (χ1) is 19.3. The number of rotatable bonds is 13. The minimum atomic E-state index is -1.55. The predicted octanol–water partition coefficient (Wildman–Crippen LogP) is 5.45. The summed E-state index contributed by atoms with van der Waals surface area (Å²) in [6.07, 6.45) is 0.912. The van der Waals surface area contributed by atoms with Crippen LogP contribution in [0.25, 0.3) is 0 Å². The molecule has 4 aromatic rings. The van der Waals surface area contributed by atoms with Gasteiger partial charge in [-0.3, -0.25) is 0 Å². The molecule has 210 valence electrons. The van der Waals surface area contributed by atoms with Crippen molar-refractivity contribution in [2.75, 3.05) is 28.4 Å². The minimum absolute atomic E-state index is 0.228. The second-order valence-corrected chi connectivity index (χ2v) is 10.2.